The molecule has 84 valence electrons. The minimum atomic E-state index is 0.0636. The number of fused-ring (bicyclic) bond motifs is 1. The Morgan fingerprint density at radius 2 is 2.19 bits per heavy atom. The second-order valence-corrected chi connectivity index (χ2v) is 4.43. The summed E-state index contributed by atoms with van der Waals surface area (Å²) < 4.78 is 0. The van der Waals surface area contributed by atoms with E-state index in [1.807, 2.05) is 19.9 Å². The number of rotatable bonds is 2. The first kappa shape index (κ1) is 10.9. The van der Waals surface area contributed by atoms with Crippen molar-refractivity contribution in [1.82, 2.24) is 0 Å². The summed E-state index contributed by atoms with van der Waals surface area (Å²) in [6, 6.07) is 1.97. The van der Waals surface area contributed by atoms with Crippen molar-refractivity contribution in [3.63, 3.8) is 0 Å². The molecule has 0 aliphatic heterocycles. The van der Waals surface area contributed by atoms with Gasteiger partial charge in [-0.1, -0.05) is 19.1 Å². The van der Waals surface area contributed by atoms with Gasteiger partial charge in [0.2, 0.25) is 0 Å². The van der Waals surface area contributed by atoms with Crippen LogP contribution in [0.3, 0.4) is 0 Å². The summed E-state index contributed by atoms with van der Waals surface area (Å²) in [7, 11) is 0. The molecule has 0 fully saturated rings. The van der Waals surface area contributed by atoms with Crippen molar-refractivity contribution in [2.45, 2.75) is 32.6 Å². The smallest absolute Gasteiger partial charge is 0.167 e. The summed E-state index contributed by atoms with van der Waals surface area (Å²) >= 11 is 0. The molecule has 2 heteroatoms. The zero-order valence-electron chi connectivity index (χ0n) is 9.71. The molecule has 0 amide bonds. The SMILES string of the molecule is C=C[C@H](C)c1cc(C)c2c(c1O)C(=O)CC2. The van der Waals surface area contributed by atoms with E-state index in [0.29, 0.717) is 12.0 Å². The number of allylic oxidation sites excluding steroid dienone is 1. The summed E-state index contributed by atoms with van der Waals surface area (Å²) in [5.74, 6) is 0.293. The number of phenols is 1. The van der Waals surface area contributed by atoms with E-state index in [-0.39, 0.29) is 17.5 Å². The van der Waals surface area contributed by atoms with Crippen LogP contribution in [0.5, 0.6) is 5.75 Å². The minimum absolute atomic E-state index is 0.0636. The fourth-order valence-electron chi connectivity index (χ4n) is 2.33. The van der Waals surface area contributed by atoms with Crippen molar-refractivity contribution in [1.29, 1.82) is 0 Å². The van der Waals surface area contributed by atoms with Gasteiger partial charge in [-0.15, -0.1) is 6.58 Å². The summed E-state index contributed by atoms with van der Waals surface area (Å²) in [5, 5.41) is 10.1. The number of phenolic OH excluding ortho intramolecular Hbond substituents is 1. The average Bonchev–Trinajstić information content (AvgIpc) is 2.65. The van der Waals surface area contributed by atoms with Crippen molar-refractivity contribution in [2.24, 2.45) is 0 Å². The molecular weight excluding hydrogens is 200 g/mol. The third-order valence-electron chi connectivity index (χ3n) is 3.39. The molecule has 0 bridgehead atoms. The van der Waals surface area contributed by atoms with Gasteiger partial charge in [-0.05, 0) is 24.5 Å². The molecule has 1 N–H and O–H groups in total. The highest BCUT2D eigenvalue weighted by atomic mass is 16.3. The maximum Gasteiger partial charge on any atom is 0.167 e. The second-order valence-electron chi connectivity index (χ2n) is 4.43. The Morgan fingerprint density at radius 3 is 2.81 bits per heavy atom. The first-order valence-electron chi connectivity index (χ1n) is 5.57. The van der Waals surface area contributed by atoms with Gasteiger partial charge in [-0.25, -0.2) is 0 Å². The molecule has 0 aromatic heterocycles. The van der Waals surface area contributed by atoms with Gasteiger partial charge in [0.1, 0.15) is 5.75 Å². The topological polar surface area (TPSA) is 37.3 Å². The van der Waals surface area contributed by atoms with Crippen LogP contribution in [0.4, 0.5) is 0 Å². The largest absolute Gasteiger partial charge is 0.507 e. The van der Waals surface area contributed by atoms with Gasteiger partial charge in [0.05, 0.1) is 5.56 Å². The van der Waals surface area contributed by atoms with Gasteiger partial charge in [-0.2, -0.15) is 0 Å². The van der Waals surface area contributed by atoms with E-state index in [1.165, 1.54) is 0 Å². The van der Waals surface area contributed by atoms with E-state index in [4.69, 9.17) is 0 Å². The summed E-state index contributed by atoms with van der Waals surface area (Å²) in [6.45, 7) is 7.69. The Bertz CT molecular complexity index is 472. The van der Waals surface area contributed by atoms with Gasteiger partial charge in [0.25, 0.3) is 0 Å². The lowest BCUT2D eigenvalue weighted by molar-refractivity contribution is 0.0992. The number of hydrogen-bond acceptors (Lipinski definition) is 2. The Labute approximate surface area is 95.6 Å². The lowest BCUT2D eigenvalue weighted by atomic mass is 9.92. The number of ketones is 1. The molecule has 0 saturated carbocycles. The predicted octanol–water partition coefficient (Wildman–Crippen LogP) is 3.12. The number of aryl methyl sites for hydroxylation is 1. The Hall–Kier alpha value is -1.57. The van der Waals surface area contributed by atoms with Gasteiger partial charge < -0.3 is 5.11 Å². The van der Waals surface area contributed by atoms with Crippen LogP contribution in [0.1, 0.15) is 46.3 Å². The molecule has 1 aliphatic rings. The molecule has 1 aromatic rings. The highest BCUT2D eigenvalue weighted by Crippen LogP contribution is 2.38. The third-order valence-corrected chi connectivity index (χ3v) is 3.39. The van der Waals surface area contributed by atoms with E-state index in [9.17, 15) is 9.90 Å². The van der Waals surface area contributed by atoms with Gasteiger partial charge >= 0.3 is 0 Å². The van der Waals surface area contributed by atoms with Crippen LogP contribution in [0.2, 0.25) is 0 Å². The van der Waals surface area contributed by atoms with E-state index in [1.54, 1.807) is 6.08 Å². The van der Waals surface area contributed by atoms with Gasteiger partial charge in [-0.3, -0.25) is 4.79 Å². The maximum absolute atomic E-state index is 11.7. The lowest BCUT2D eigenvalue weighted by Crippen LogP contribution is -2.00. The van der Waals surface area contributed by atoms with Crippen LogP contribution >= 0.6 is 0 Å². The molecule has 2 rings (SSSR count). The maximum atomic E-state index is 11.7. The molecular formula is C14H16O2. The second kappa shape index (κ2) is 3.78. The first-order valence-corrected chi connectivity index (χ1v) is 5.57. The van der Waals surface area contributed by atoms with Crippen LogP contribution in [0, 0.1) is 6.92 Å². The van der Waals surface area contributed by atoms with E-state index >= 15 is 0 Å². The van der Waals surface area contributed by atoms with Gasteiger partial charge in [0, 0.05) is 17.9 Å². The number of benzene rings is 1. The molecule has 0 heterocycles. The van der Waals surface area contributed by atoms with E-state index in [0.717, 1.165) is 23.1 Å². The number of aromatic hydroxyl groups is 1. The van der Waals surface area contributed by atoms with Crippen molar-refractivity contribution < 1.29 is 9.90 Å². The van der Waals surface area contributed by atoms with E-state index < -0.39 is 0 Å². The standard InChI is InChI=1S/C14H16O2/c1-4-8(2)11-7-9(3)10-5-6-12(15)13(10)14(11)16/h4,7-8,16H,1,5-6H2,2-3H3/t8-/m0/s1. The zero-order valence-corrected chi connectivity index (χ0v) is 9.71. The predicted molar refractivity (Wildman–Crippen MR) is 64.1 cm³/mol. The van der Waals surface area contributed by atoms with Crippen LogP contribution in [-0.2, 0) is 6.42 Å². The summed E-state index contributed by atoms with van der Waals surface area (Å²) in [5.41, 5.74) is 3.47. The zero-order chi connectivity index (χ0) is 11.9. The number of Topliss-reactive ketones (excluding diaryl/α,β-unsaturated/α-hetero) is 1. The van der Waals surface area contributed by atoms with Crippen molar-refractivity contribution in [2.75, 3.05) is 0 Å². The van der Waals surface area contributed by atoms with Crippen molar-refractivity contribution in [3.8, 4) is 5.75 Å². The fraction of sp³-hybridized carbons (Fsp3) is 0.357. The monoisotopic (exact) mass is 216 g/mol. The minimum Gasteiger partial charge on any atom is -0.507 e. The summed E-state index contributed by atoms with van der Waals surface area (Å²) in [6.07, 6.45) is 3.06. The number of carbonyl (C=O) groups is 1. The van der Waals surface area contributed by atoms with Crippen molar-refractivity contribution >= 4 is 5.78 Å². The molecule has 0 radical (unpaired) electrons. The molecule has 1 aromatic carbocycles. The van der Waals surface area contributed by atoms with Crippen LogP contribution in [-0.4, -0.2) is 10.9 Å². The molecule has 2 nitrogen and oxygen atoms in total. The van der Waals surface area contributed by atoms with Crippen LogP contribution < -0.4 is 0 Å². The average molecular weight is 216 g/mol. The summed E-state index contributed by atoms with van der Waals surface area (Å²) in [4.78, 5) is 11.7. The molecule has 16 heavy (non-hydrogen) atoms. The Balaban J connectivity index is 2.68. The van der Waals surface area contributed by atoms with Crippen LogP contribution in [0.25, 0.3) is 0 Å². The van der Waals surface area contributed by atoms with Crippen molar-refractivity contribution in [3.05, 3.63) is 41.0 Å². The number of carbonyl (C=O) groups excluding carboxylic acids is 1. The molecule has 0 spiro atoms. The van der Waals surface area contributed by atoms with E-state index in [2.05, 4.69) is 6.58 Å². The quantitative estimate of drug-likeness (QED) is 0.771. The first-order chi connectivity index (χ1) is 7.56. The Morgan fingerprint density at radius 1 is 1.50 bits per heavy atom. The lowest BCUT2D eigenvalue weighted by Gasteiger charge is -2.14. The highest BCUT2D eigenvalue weighted by Gasteiger charge is 2.27. The Kier molecular flexibility index (Phi) is 2.58. The highest BCUT2D eigenvalue weighted by molar-refractivity contribution is 6.03. The van der Waals surface area contributed by atoms with Gasteiger partial charge in [0.15, 0.2) is 5.78 Å². The molecule has 1 aliphatic carbocycles. The molecule has 0 unspecified atom stereocenters. The molecule has 1 atom stereocenters. The molecule has 0 saturated heterocycles. The number of hydrogen-bond donors (Lipinski definition) is 1. The van der Waals surface area contributed by atoms with Crippen LogP contribution in [0.15, 0.2) is 18.7 Å². The normalized spacial score (nSPS) is 16.0. The third kappa shape index (κ3) is 1.45. The fourth-order valence-corrected chi connectivity index (χ4v) is 2.33.